The molecule has 0 atom stereocenters. The summed E-state index contributed by atoms with van der Waals surface area (Å²) in [4.78, 5) is 32.4. The molecule has 3 heterocycles. The number of carbonyl (C=O) groups is 1. The van der Waals surface area contributed by atoms with E-state index < -0.39 is 29.4 Å². The summed E-state index contributed by atoms with van der Waals surface area (Å²) in [5.74, 6) is -2.06. The Bertz CT molecular complexity index is 1390. The number of hydrogen-bond acceptors (Lipinski definition) is 8. The zero-order chi connectivity index (χ0) is 26.1. The number of carboxylic acid groups (broad SMARTS) is 1. The average molecular weight is 537 g/mol. The molecule has 3 aromatic rings. The largest absolute Gasteiger partial charge is 0.506 e. The maximum absolute atomic E-state index is 15.1. The number of benzene rings is 1. The number of aromatic hydroxyl groups is 1. The van der Waals surface area contributed by atoms with Crippen LogP contribution in [0.15, 0.2) is 23.1 Å². The van der Waals surface area contributed by atoms with Gasteiger partial charge in [-0.05, 0) is 26.0 Å². The molecule has 10 nitrogen and oxygen atoms in total. The highest BCUT2D eigenvalue weighted by atomic mass is 35.5. The molecule has 4 rings (SSSR count). The third-order valence-corrected chi connectivity index (χ3v) is 6.77. The number of aryl methyl sites for hydroxylation is 2. The van der Waals surface area contributed by atoms with Crippen LogP contribution >= 0.6 is 12.4 Å². The number of rotatable bonds is 7. The molecule has 0 amide bonds. The van der Waals surface area contributed by atoms with E-state index in [4.69, 9.17) is 0 Å². The minimum absolute atomic E-state index is 0. The van der Waals surface area contributed by atoms with Gasteiger partial charge in [0, 0.05) is 62.0 Å². The predicted octanol–water partition coefficient (Wildman–Crippen LogP) is 2.00. The third kappa shape index (κ3) is 5.26. The molecular formula is C25H30ClFN4O6. The van der Waals surface area contributed by atoms with Crippen molar-refractivity contribution in [2.75, 3.05) is 31.1 Å². The van der Waals surface area contributed by atoms with Gasteiger partial charge in [-0.3, -0.25) is 14.7 Å². The van der Waals surface area contributed by atoms with E-state index in [2.05, 4.69) is 9.88 Å². The Hall–Kier alpha value is -3.25. The summed E-state index contributed by atoms with van der Waals surface area (Å²) in [6.07, 6.45) is 1.29. The number of fused-ring (bicyclic) bond motifs is 1. The van der Waals surface area contributed by atoms with Crippen LogP contribution in [0.3, 0.4) is 0 Å². The zero-order valence-corrected chi connectivity index (χ0v) is 21.4. The first kappa shape index (κ1) is 28.3. The van der Waals surface area contributed by atoms with Crippen LogP contribution in [0, 0.1) is 12.7 Å². The summed E-state index contributed by atoms with van der Waals surface area (Å²) in [5, 5.41) is 39.0. The molecule has 1 aromatic carbocycles. The van der Waals surface area contributed by atoms with Gasteiger partial charge in [0.1, 0.15) is 17.1 Å². The third-order valence-electron chi connectivity index (χ3n) is 6.77. The Morgan fingerprint density at radius 2 is 1.76 bits per heavy atom. The van der Waals surface area contributed by atoms with Crippen molar-refractivity contribution in [2.24, 2.45) is 0 Å². The lowest BCUT2D eigenvalue weighted by molar-refractivity contribution is 0.0694. The number of carboxylic acids is 1. The Balaban J connectivity index is 0.00000380. The number of aliphatic hydroxyl groups excluding tert-OH is 2. The number of aliphatic hydroxyl groups is 2. The summed E-state index contributed by atoms with van der Waals surface area (Å²) in [7, 11) is 0. The van der Waals surface area contributed by atoms with Crippen molar-refractivity contribution >= 4 is 35.0 Å². The molecule has 0 radical (unpaired) electrons. The first-order valence-electron chi connectivity index (χ1n) is 11.7. The van der Waals surface area contributed by atoms with Gasteiger partial charge in [-0.1, -0.05) is 0 Å². The van der Waals surface area contributed by atoms with Crippen molar-refractivity contribution in [1.82, 2.24) is 14.5 Å². The van der Waals surface area contributed by atoms with Crippen LogP contribution in [0.5, 0.6) is 5.75 Å². The highest BCUT2D eigenvalue weighted by Crippen LogP contribution is 2.29. The van der Waals surface area contributed by atoms with Crippen LogP contribution < -0.4 is 10.3 Å². The van der Waals surface area contributed by atoms with Crippen LogP contribution in [-0.2, 0) is 26.3 Å². The minimum Gasteiger partial charge on any atom is -0.506 e. The van der Waals surface area contributed by atoms with Gasteiger partial charge in [-0.25, -0.2) is 9.18 Å². The van der Waals surface area contributed by atoms with Gasteiger partial charge in [-0.2, -0.15) is 0 Å². The maximum Gasteiger partial charge on any atom is 0.341 e. The Labute approximate surface area is 218 Å². The van der Waals surface area contributed by atoms with Crippen molar-refractivity contribution in [3.63, 3.8) is 0 Å². The van der Waals surface area contributed by atoms with E-state index in [1.807, 2.05) is 11.8 Å². The molecule has 37 heavy (non-hydrogen) atoms. The Morgan fingerprint density at radius 3 is 2.32 bits per heavy atom. The fourth-order valence-electron chi connectivity index (χ4n) is 4.76. The molecule has 0 unspecified atom stereocenters. The zero-order valence-electron chi connectivity index (χ0n) is 20.6. The smallest absolute Gasteiger partial charge is 0.341 e. The van der Waals surface area contributed by atoms with Crippen molar-refractivity contribution in [1.29, 1.82) is 0 Å². The van der Waals surface area contributed by atoms with Gasteiger partial charge in [0.15, 0.2) is 0 Å². The van der Waals surface area contributed by atoms with Crippen LogP contribution in [0.4, 0.5) is 10.1 Å². The molecule has 12 heteroatoms. The average Bonchev–Trinajstić information content (AvgIpc) is 2.86. The van der Waals surface area contributed by atoms with Gasteiger partial charge < -0.3 is 29.9 Å². The van der Waals surface area contributed by atoms with E-state index >= 15 is 4.39 Å². The summed E-state index contributed by atoms with van der Waals surface area (Å²) in [6.45, 7) is 5.60. The highest BCUT2D eigenvalue weighted by molar-refractivity contribution is 5.93. The first-order valence-corrected chi connectivity index (χ1v) is 11.7. The molecule has 1 fully saturated rings. The van der Waals surface area contributed by atoms with E-state index in [1.54, 1.807) is 17.6 Å². The lowest BCUT2D eigenvalue weighted by atomic mass is 10.0. The molecule has 1 saturated heterocycles. The number of aromatic carboxylic acids is 1. The van der Waals surface area contributed by atoms with Crippen LogP contribution in [0.1, 0.15) is 39.8 Å². The highest BCUT2D eigenvalue weighted by Gasteiger charge is 2.24. The topological polar surface area (TPSA) is 139 Å². The molecule has 200 valence electrons. The molecule has 1 aliphatic heterocycles. The Kier molecular flexibility index (Phi) is 8.75. The molecule has 0 bridgehead atoms. The van der Waals surface area contributed by atoms with E-state index in [1.165, 1.54) is 6.20 Å². The molecule has 0 aliphatic carbocycles. The predicted molar refractivity (Wildman–Crippen MR) is 138 cm³/mol. The number of piperazine rings is 1. The van der Waals surface area contributed by atoms with Gasteiger partial charge in [0.05, 0.1) is 35.8 Å². The normalized spacial score (nSPS) is 14.1. The lowest BCUT2D eigenvalue weighted by Gasteiger charge is -2.36. The fraction of sp³-hybridized carbons (Fsp3) is 0.400. The van der Waals surface area contributed by atoms with Crippen LogP contribution in [0.2, 0.25) is 0 Å². The number of pyridine rings is 2. The second kappa shape index (κ2) is 11.4. The SMILES string of the molecule is CCn1cc(C(=O)O)c(=O)c2cc(F)c(N3CCN(Cc4nc(C)c(O)c(CO)c4CO)CC3)cc21.Cl. The van der Waals surface area contributed by atoms with Gasteiger partial charge in [-0.15, -0.1) is 12.4 Å². The van der Waals surface area contributed by atoms with Crippen LogP contribution in [-0.4, -0.2) is 67.0 Å². The lowest BCUT2D eigenvalue weighted by Crippen LogP contribution is -2.46. The molecule has 1 aliphatic rings. The number of halogens is 2. The van der Waals surface area contributed by atoms with E-state index in [0.29, 0.717) is 67.4 Å². The summed E-state index contributed by atoms with van der Waals surface area (Å²) >= 11 is 0. The first-order chi connectivity index (χ1) is 17.2. The number of aromatic nitrogens is 2. The Morgan fingerprint density at radius 1 is 1.11 bits per heavy atom. The maximum atomic E-state index is 15.1. The van der Waals surface area contributed by atoms with Crippen molar-refractivity contribution in [3.05, 3.63) is 62.4 Å². The molecule has 0 spiro atoms. The van der Waals surface area contributed by atoms with E-state index in [9.17, 15) is 30.0 Å². The van der Waals surface area contributed by atoms with E-state index in [0.717, 1.165) is 6.07 Å². The van der Waals surface area contributed by atoms with Crippen LogP contribution in [0.25, 0.3) is 10.9 Å². The molecule has 2 aromatic heterocycles. The van der Waals surface area contributed by atoms with E-state index in [-0.39, 0.29) is 35.7 Å². The minimum atomic E-state index is -1.35. The van der Waals surface area contributed by atoms with Gasteiger partial charge in [0.25, 0.3) is 0 Å². The van der Waals surface area contributed by atoms with Crippen molar-refractivity contribution in [3.8, 4) is 5.75 Å². The van der Waals surface area contributed by atoms with Gasteiger partial charge in [0.2, 0.25) is 5.43 Å². The quantitative estimate of drug-likeness (QED) is 0.357. The van der Waals surface area contributed by atoms with Crippen molar-refractivity contribution < 1.29 is 29.6 Å². The summed E-state index contributed by atoms with van der Waals surface area (Å²) in [5.41, 5.74) is 1.32. The number of anilines is 1. The fourth-order valence-corrected chi connectivity index (χ4v) is 4.76. The molecule has 0 saturated carbocycles. The monoisotopic (exact) mass is 536 g/mol. The molecular weight excluding hydrogens is 507 g/mol. The number of hydrogen-bond donors (Lipinski definition) is 4. The van der Waals surface area contributed by atoms with Crippen molar-refractivity contribution in [2.45, 2.75) is 40.2 Å². The second-order valence-corrected chi connectivity index (χ2v) is 8.81. The van der Waals surface area contributed by atoms with Gasteiger partial charge >= 0.3 is 5.97 Å². The summed E-state index contributed by atoms with van der Waals surface area (Å²) < 4.78 is 16.8. The second-order valence-electron chi connectivity index (χ2n) is 8.81. The molecule has 4 N–H and O–H groups in total. The standard InChI is InChI=1S/C25H29FN4O6.ClH/c1-3-29-10-16(25(35)36)24(34)15-8-19(26)22(9-21(15)29)30-6-4-28(5-7-30)11-20-17(12-31)18(13-32)23(33)14(2)27-20;/h8-10,31-33H,3-7,11-13H2,1-2H3,(H,35,36);1H. The summed E-state index contributed by atoms with van der Waals surface area (Å²) in [6, 6.07) is 2.71. The number of nitrogens with zero attached hydrogens (tertiary/aromatic N) is 4.